The first kappa shape index (κ1) is 21.4. The Kier molecular flexibility index (Phi) is 5.12. The second-order valence-corrected chi connectivity index (χ2v) is 7.61. The van der Waals surface area contributed by atoms with E-state index in [9.17, 15) is 18.0 Å². The lowest BCUT2D eigenvalue weighted by Crippen LogP contribution is -2.20. The summed E-state index contributed by atoms with van der Waals surface area (Å²) in [5.41, 5.74) is 7.53. The quantitative estimate of drug-likeness (QED) is 0.430. The lowest BCUT2D eigenvalue weighted by atomic mass is 10.1. The number of nitrogens with two attached hydrogens (primary N) is 1. The molecule has 10 heteroatoms. The molecule has 2 aromatic carbocycles. The van der Waals surface area contributed by atoms with Crippen LogP contribution < -0.4 is 11.3 Å². The minimum atomic E-state index is -4.42. The van der Waals surface area contributed by atoms with Gasteiger partial charge < -0.3 is 10.3 Å². The molecule has 0 spiro atoms. The Labute approximate surface area is 190 Å². The molecular weight excluding hydrogens is 445 g/mol. The Morgan fingerprint density at radius 2 is 1.74 bits per heavy atom. The topological polar surface area (TPSA) is 91.6 Å². The van der Waals surface area contributed by atoms with Gasteiger partial charge in [0.1, 0.15) is 5.69 Å². The number of rotatable bonds is 4. The Hall–Kier alpha value is -4.47. The van der Waals surface area contributed by atoms with Gasteiger partial charge in [-0.25, -0.2) is 14.6 Å². The van der Waals surface area contributed by atoms with Crippen LogP contribution in [0.2, 0.25) is 0 Å². The molecule has 0 saturated carbocycles. The van der Waals surface area contributed by atoms with Gasteiger partial charge in [0, 0.05) is 29.4 Å². The third-order valence-corrected chi connectivity index (χ3v) is 5.36. The summed E-state index contributed by atoms with van der Waals surface area (Å²) in [5.74, 6) is 0.127. The van der Waals surface area contributed by atoms with E-state index in [4.69, 9.17) is 5.73 Å². The average molecular weight is 462 g/mol. The number of anilines is 1. The van der Waals surface area contributed by atoms with E-state index in [1.54, 1.807) is 23.0 Å². The van der Waals surface area contributed by atoms with Crippen LogP contribution in [0.4, 0.5) is 19.1 Å². The first-order valence-corrected chi connectivity index (χ1v) is 10.2. The number of para-hydroxylation sites is 1. The van der Waals surface area contributed by atoms with Gasteiger partial charge in [-0.05, 0) is 42.5 Å². The molecule has 0 aliphatic carbocycles. The van der Waals surface area contributed by atoms with Crippen LogP contribution in [0, 0.1) is 0 Å². The van der Waals surface area contributed by atoms with Crippen molar-refractivity contribution >= 4 is 16.9 Å². The average Bonchev–Trinajstić information content (AvgIpc) is 3.20. The van der Waals surface area contributed by atoms with Crippen molar-refractivity contribution in [1.82, 2.24) is 24.3 Å². The van der Waals surface area contributed by atoms with Crippen molar-refractivity contribution in [3.05, 3.63) is 101 Å². The zero-order valence-corrected chi connectivity index (χ0v) is 17.6. The van der Waals surface area contributed by atoms with Gasteiger partial charge in [0.25, 0.3) is 5.56 Å². The zero-order chi connectivity index (χ0) is 23.9. The predicted octanol–water partition coefficient (Wildman–Crippen LogP) is 4.29. The molecule has 0 saturated heterocycles. The SMILES string of the molecule is Nc1nccc(Cn2ccc(-c3nn(-c4ccc(C(F)(F)F)cc4)c4ccccc34)cc2=O)n1. The van der Waals surface area contributed by atoms with E-state index in [0.29, 0.717) is 28.2 Å². The van der Waals surface area contributed by atoms with Crippen LogP contribution >= 0.6 is 0 Å². The van der Waals surface area contributed by atoms with Crippen molar-refractivity contribution in [2.75, 3.05) is 5.73 Å². The molecule has 7 nitrogen and oxygen atoms in total. The van der Waals surface area contributed by atoms with Crippen LogP contribution in [-0.2, 0) is 12.7 Å². The number of fused-ring (bicyclic) bond motifs is 1. The first-order chi connectivity index (χ1) is 16.3. The Bertz CT molecular complexity index is 1550. The van der Waals surface area contributed by atoms with Crippen molar-refractivity contribution in [3.63, 3.8) is 0 Å². The number of hydrogen-bond acceptors (Lipinski definition) is 5. The maximum Gasteiger partial charge on any atom is 0.416 e. The number of hydrogen-bond donors (Lipinski definition) is 1. The Morgan fingerprint density at radius 1 is 0.971 bits per heavy atom. The molecule has 0 atom stereocenters. The van der Waals surface area contributed by atoms with Gasteiger partial charge >= 0.3 is 6.18 Å². The molecule has 0 amide bonds. The lowest BCUT2D eigenvalue weighted by Gasteiger charge is -2.08. The molecule has 3 aromatic heterocycles. The summed E-state index contributed by atoms with van der Waals surface area (Å²) in [6.07, 6.45) is -1.25. The van der Waals surface area contributed by atoms with E-state index in [1.165, 1.54) is 29.0 Å². The molecule has 0 bridgehead atoms. The number of pyridine rings is 1. The van der Waals surface area contributed by atoms with E-state index in [0.717, 1.165) is 17.5 Å². The van der Waals surface area contributed by atoms with Crippen LogP contribution in [0.5, 0.6) is 0 Å². The number of halogens is 3. The van der Waals surface area contributed by atoms with E-state index < -0.39 is 11.7 Å². The smallest absolute Gasteiger partial charge is 0.368 e. The summed E-state index contributed by atoms with van der Waals surface area (Å²) in [4.78, 5) is 20.7. The standard InChI is InChI=1S/C24H17F3N6O/c25-24(26,27)16-5-7-18(8-6-16)33-20-4-2-1-3-19(20)22(31-33)15-10-12-32(21(34)13-15)14-17-9-11-29-23(28)30-17/h1-13H,14H2,(H2,28,29,30). The van der Waals surface area contributed by atoms with Gasteiger partial charge in [0.2, 0.25) is 5.95 Å². The van der Waals surface area contributed by atoms with Crippen molar-refractivity contribution in [2.24, 2.45) is 0 Å². The van der Waals surface area contributed by atoms with Crippen molar-refractivity contribution < 1.29 is 13.2 Å². The molecule has 170 valence electrons. The molecule has 5 rings (SSSR count). The van der Waals surface area contributed by atoms with Crippen LogP contribution in [0.15, 0.2) is 83.9 Å². The highest BCUT2D eigenvalue weighted by Gasteiger charge is 2.30. The normalized spacial score (nSPS) is 11.7. The van der Waals surface area contributed by atoms with Gasteiger partial charge in [-0.2, -0.15) is 18.3 Å². The summed E-state index contributed by atoms with van der Waals surface area (Å²) < 4.78 is 41.9. The highest BCUT2D eigenvalue weighted by Crippen LogP contribution is 2.32. The monoisotopic (exact) mass is 462 g/mol. The molecule has 0 aliphatic heterocycles. The molecule has 0 fully saturated rings. The van der Waals surface area contributed by atoms with Gasteiger partial charge in [-0.1, -0.05) is 18.2 Å². The summed E-state index contributed by atoms with van der Waals surface area (Å²) in [5, 5.41) is 5.40. The van der Waals surface area contributed by atoms with Gasteiger partial charge in [0.15, 0.2) is 0 Å². The van der Waals surface area contributed by atoms with Gasteiger partial charge in [-0.3, -0.25) is 4.79 Å². The summed E-state index contributed by atoms with van der Waals surface area (Å²) in [6.45, 7) is 0.229. The van der Waals surface area contributed by atoms with Crippen molar-refractivity contribution in [2.45, 2.75) is 12.7 Å². The van der Waals surface area contributed by atoms with E-state index in [2.05, 4.69) is 15.1 Å². The van der Waals surface area contributed by atoms with Crippen LogP contribution in [-0.4, -0.2) is 24.3 Å². The molecular formula is C24H17F3N6O. The van der Waals surface area contributed by atoms with Crippen molar-refractivity contribution in [3.8, 4) is 16.9 Å². The maximum atomic E-state index is 13.0. The van der Waals surface area contributed by atoms with Gasteiger partial charge in [0.05, 0.1) is 29.0 Å². The summed E-state index contributed by atoms with van der Waals surface area (Å²) in [7, 11) is 0. The Morgan fingerprint density at radius 3 is 2.44 bits per heavy atom. The molecule has 5 aromatic rings. The highest BCUT2D eigenvalue weighted by molar-refractivity contribution is 5.94. The predicted molar refractivity (Wildman–Crippen MR) is 121 cm³/mol. The molecule has 34 heavy (non-hydrogen) atoms. The maximum absolute atomic E-state index is 13.0. The number of alkyl halides is 3. The van der Waals surface area contributed by atoms with Crippen LogP contribution in [0.25, 0.3) is 27.8 Å². The Balaban J connectivity index is 1.55. The molecule has 0 unspecified atom stereocenters. The second-order valence-electron chi connectivity index (χ2n) is 7.61. The van der Waals surface area contributed by atoms with E-state index in [1.807, 2.05) is 24.3 Å². The summed E-state index contributed by atoms with van der Waals surface area (Å²) >= 11 is 0. The lowest BCUT2D eigenvalue weighted by molar-refractivity contribution is -0.137. The fourth-order valence-electron chi connectivity index (χ4n) is 3.73. The van der Waals surface area contributed by atoms with E-state index >= 15 is 0 Å². The summed E-state index contributed by atoms with van der Waals surface area (Å²) in [6, 6.07) is 17.0. The number of aromatic nitrogens is 5. The van der Waals surface area contributed by atoms with Crippen LogP contribution in [0.1, 0.15) is 11.3 Å². The van der Waals surface area contributed by atoms with Crippen molar-refractivity contribution in [1.29, 1.82) is 0 Å². The van der Waals surface area contributed by atoms with E-state index in [-0.39, 0.29) is 18.1 Å². The minimum absolute atomic E-state index is 0.127. The molecule has 0 radical (unpaired) electrons. The number of benzene rings is 2. The second kappa shape index (κ2) is 8.14. The molecule has 3 heterocycles. The number of nitrogens with zero attached hydrogens (tertiary/aromatic N) is 5. The highest BCUT2D eigenvalue weighted by atomic mass is 19.4. The first-order valence-electron chi connectivity index (χ1n) is 10.2. The third kappa shape index (κ3) is 4.01. The fraction of sp³-hybridized carbons (Fsp3) is 0.0833. The molecule has 0 aliphatic rings. The molecule has 2 N–H and O–H groups in total. The number of nitrogen functional groups attached to an aromatic ring is 1. The zero-order valence-electron chi connectivity index (χ0n) is 17.6. The third-order valence-electron chi connectivity index (χ3n) is 5.36. The van der Waals surface area contributed by atoms with Gasteiger partial charge in [-0.15, -0.1) is 0 Å². The van der Waals surface area contributed by atoms with Crippen LogP contribution in [0.3, 0.4) is 0 Å². The minimum Gasteiger partial charge on any atom is -0.368 e. The fourth-order valence-corrected chi connectivity index (χ4v) is 3.73. The largest absolute Gasteiger partial charge is 0.416 e.